The van der Waals surface area contributed by atoms with Gasteiger partial charge in [-0.2, -0.15) is 0 Å². The van der Waals surface area contributed by atoms with Crippen molar-refractivity contribution < 1.29 is 9.59 Å². The molecule has 2 aliphatic rings. The van der Waals surface area contributed by atoms with Gasteiger partial charge in [0.05, 0.1) is 5.92 Å². The third kappa shape index (κ3) is 4.27. The average molecular weight is 377 g/mol. The lowest BCUT2D eigenvalue weighted by molar-refractivity contribution is -0.133. The van der Waals surface area contributed by atoms with E-state index in [9.17, 15) is 9.59 Å². The summed E-state index contributed by atoms with van der Waals surface area (Å²) in [5.41, 5.74) is 4.29. The van der Waals surface area contributed by atoms with Crippen LogP contribution < -0.4 is 5.32 Å². The van der Waals surface area contributed by atoms with Gasteiger partial charge in [-0.3, -0.25) is 9.59 Å². The molecule has 1 unspecified atom stereocenters. The van der Waals surface area contributed by atoms with Crippen LogP contribution in [0.5, 0.6) is 0 Å². The monoisotopic (exact) mass is 376 g/mol. The molecule has 1 N–H and O–H groups in total. The zero-order valence-corrected chi connectivity index (χ0v) is 16.3. The number of anilines is 1. The number of amides is 2. The van der Waals surface area contributed by atoms with Crippen molar-refractivity contribution in [2.45, 2.75) is 50.9 Å². The van der Waals surface area contributed by atoms with Crippen molar-refractivity contribution in [1.82, 2.24) is 4.90 Å². The molecule has 4 rings (SSSR count). The summed E-state index contributed by atoms with van der Waals surface area (Å²) in [6.45, 7) is 1.73. The number of aryl methyl sites for hydroxylation is 1. The first-order valence-electron chi connectivity index (χ1n) is 10.5. The zero-order valence-electron chi connectivity index (χ0n) is 16.3. The molecule has 2 aliphatic heterocycles. The van der Waals surface area contributed by atoms with E-state index in [1.807, 2.05) is 35.2 Å². The van der Waals surface area contributed by atoms with Crippen LogP contribution in [0.1, 0.15) is 54.7 Å². The van der Waals surface area contributed by atoms with Crippen LogP contribution in [0.3, 0.4) is 0 Å². The van der Waals surface area contributed by atoms with Crippen LogP contribution in [-0.4, -0.2) is 29.8 Å². The Balaban J connectivity index is 1.65. The minimum absolute atomic E-state index is 0.0803. The zero-order chi connectivity index (χ0) is 19.3. The summed E-state index contributed by atoms with van der Waals surface area (Å²) in [5.74, 6) is 0.141. The number of carbonyl (C=O) groups is 2. The average Bonchev–Trinajstić information content (AvgIpc) is 2.93. The highest BCUT2D eigenvalue weighted by molar-refractivity contribution is 5.92. The molecule has 0 spiro atoms. The molecule has 0 bridgehead atoms. The molecule has 1 saturated heterocycles. The van der Waals surface area contributed by atoms with Crippen molar-refractivity contribution >= 4 is 17.5 Å². The van der Waals surface area contributed by atoms with Gasteiger partial charge in [0.15, 0.2) is 0 Å². The van der Waals surface area contributed by atoms with Crippen molar-refractivity contribution in [3.8, 4) is 0 Å². The molecular weight excluding hydrogens is 348 g/mol. The van der Waals surface area contributed by atoms with Crippen LogP contribution in [0, 0.1) is 0 Å². The standard InChI is InChI=1S/C24H28N2O2/c27-23-11-7-10-20-17-19(12-13-22(20)25-23)21(16-18-8-3-1-4-9-18)24(28)26-14-5-2-6-15-26/h1,3-4,8-9,12-13,17,21H,2,5-7,10-11,14-16H2,(H,25,27). The molecule has 1 atom stereocenters. The number of nitrogens with zero attached hydrogens (tertiary/aromatic N) is 1. The molecule has 2 heterocycles. The quantitative estimate of drug-likeness (QED) is 0.865. The number of nitrogens with one attached hydrogen (secondary N) is 1. The fourth-order valence-electron chi connectivity index (χ4n) is 4.34. The van der Waals surface area contributed by atoms with E-state index < -0.39 is 0 Å². The summed E-state index contributed by atoms with van der Waals surface area (Å²) in [5, 5.41) is 3.00. The van der Waals surface area contributed by atoms with E-state index in [1.165, 1.54) is 12.0 Å². The van der Waals surface area contributed by atoms with Gasteiger partial charge in [-0.1, -0.05) is 42.5 Å². The lowest BCUT2D eigenvalue weighted by atomic mass is 9.88. The van der Waals surface area contributed by atoms with Gasteiger partial charge >= 0.3 is 0 Å². The number of carbonyl (C=O) groups excluding carboxylic acids is 2. The largest absolute Gasteiger partial charge is 0.342 e. The van der Waals surface area contributed by atoms with Crippen LogP contribution in [-0.2, 0) is 22.4 Å². The van der Waals surface area contributed by atoms with Crippen LogP contribution in [0.4, 0.5) is 5.69 Å². The maximum Gasteiger partial charge on any atom is 0.230 e. The topological polar surface area (TPSA) is 49.4 Å². The summed E-state index contributed by atoms with van der Waals surface area (Å²) in [4.78, 5) is 27.3. The lowest BCUT2D eigenvalue weighted by Crippen LogP contribution is -2.39. The highest BCUT2D eigenvalue weighted by Gasteiger charge is 2.28. The number of hydrogen-bond donors (Lipinski definition) is 1. The van der Waals surface area contributed by atoms with E-state index in [0.717, 1.165) is 55.6 Å². The third-order valence-corrected chi connectivity index (χ3v) is 5.90. The van der Waals surface area contributed by atoms with Crippen LogP contribution in [0.25, 0.3) is 0 Å². The summed E-state index contributed by atoms with van der Waals surface area (Å²) < 4.78 is 0. The highest BCUT2D eigenvalue weighted by Crippen LogP contribution is 2.30. The molecule has 28 heavy (non-hydrogen) atoms. The van der Waals surface area contributed by atoms with Gasteiger partial charge in [-0.05, 0) is 61.3 Å². The van der Waals surface area contributed by atoms with Gasteiger partial charge in [0.25, 0.3) is 0 Å². The molecule has 0 aromatic heterocycles. The number of benzene rings is 2. The minimum Gasteiger partial charge on any atom is -0.342 e. The van der Waals surface area contributed by atoms with E-state index in [1.54, 1.807) is 0 Å². The SMILES string of the molecule is O=C1CCCc2cc(C(Cc3ccccc3)C(=O)N3CCCCC3)ccc2N1. The van der Waals surface area contributed by atoms with E-state index >= 15 is 0 Å². The van der Waals surface area contributed by atoms with Gasteiger partial charge in [-0.15, -0.1) is 0 Å². The van der Waals surface area contributed by atoms with Crippen molar-refractivity contribution in [2.75, 3.05) is 18.4 Å². The van der Waals surface area contributed by atoms with Gasteiger partial charge < -0.3 is 10.2 Å². The minimum atomic E-state index is -0.176. The Kier molecular flexibility index (Phi) is 5.75. The van der Waals surface area contributed by atoms with Gasteiger partial charge in [0.2, 0.25) is 11.8 Å². The second kappa shape index (κ2) is 8.59. The van der Waals surface area contributed by atoms with Crippen molar-refractivity contribution in [3.05, 3.63) is 65.2 Å². The fraction of sp³-hybridized carbons (Fsp3) is 0.417. The first-order valence-corrected chi connectivity index (χ1v) is 10.5. The van der Waals surface area contributed by atoms with E-state index in [-0.39, 0.29) is 17.7 Å². The lowest BCUT2D eigenvalue weighted by Gasteiger charge is -2.31. The predicted octanol–water partition coefficient (Wildman–Crippen LogP) is 4.30. The maximum atomic E-state index is 13.4. The number of likely N-dealkylation sites (tertiary alicyclic amines) is 1. The van der Waals surface area contributed by atoms with E-state index in [2.05, 4.69) is 23.5 Å². The molecule has 0 aliphatic carbocycles. The molecule has 2 aromatic carbocycles. The fourth-order valence-corrected chi connectivity index (χ4v) is 4.34. The second-order valence-corrected chi connectivity index (χ2v) is 7.95. The molecule has 2 aromatic rings. The number of rotatable bonds is 4. The highest BCUT2D eigenvalue weighted by atomic mass is 16.2. The summed E-state index contributed by atoms with van der Waals surface area (Å²) >= 11 is 0. The Morgan fingerprint density at radius 1 is 0.964 bits per heavy atom. The predicted molar refractivity (Wildman–Crippen MR) is 111 cm³/mol. The molecule has 2 amide bonds. The van der Waals surface area contributed by atoms with Crippen LogP contribution in [0.2, 0.25) is 0 Å². The third-order valence-electron chi connectivity index (χ3n) is 5.90. The maximum absolute atomic E-state index is 13.4. The normalized spacial score (nSPS) is 18.0. The Morgan fingerprint density at radius 2 is 1.75 bits per heavy atom. The first-order chi connectivity index (χ1) is 13.7. The van der Waals surface area contributed by atoms with Crippen molar-refractivity contribution in [1.29, 1.82) is 0 Å². The van der Waals surface area contributed by atoms with Crippen LogP contribution in [0.15, 0.2) is 48.5 Å². The van der Waals surface area contributed by atoms with E-state index in [0.29, 0.717) is 12.8 Å². The van der Waals surface area contributed by atoms with Crippen molar-refractivity contribution in [3.63, 3.8) is 0 Å². The molecule has 4 nitrogen and oxygen atoms in total. The smallest absolute Gasteiger partial charge is 0.230 e. The molecule has 0 saturated carbocycles. The summed E-state index contributed by atoms with van der Waals surface area (Å²) in [6.07, 6.45) is 6.40. The summed E-state index contributed by atoms with van der Waals surface area (Å²) in [7, 11) is 0. The first kappa shape index (κ1) is 18.7. The number of piperidine rings is 1. The second-order valence-electron chi connectivity index (χ2n) is 7.95. The van der Waals surface area contributed by atoms with Crippen LogP contribution >= 0.6 is 0 Å². The Bertz CT molecular complexity index is 841. The summed E-state index contributed by atoms with van der Waals surface area (Å²) in [6, 6.07) is 16.4. The Morgan fingerprint density at radius 3 is 2.54 bits per heavy atom. The van der Waals surface area contributed by atoms with Gasteiger partial charge in [-0.25, -0.2) is 0 Å². The van der Waals surface area contributed by atoms with Gasteiger partial charge in [0.1, 0.15) is 0 Å². The molecule has 146 valence electrons. The van der Waals surface area contributed by atoms with Gasteiger partial charge in [0, 0.05) is 25.2 Å². The molecule has 0 radical (unpaired) electrons. The molecular formula is C24H28N2O2. The number of hydrogen-bond acceptors (Lipinski definition) is 2. The molecule has 4 heteroatoms. The number of fused-ring (bicyclic) bond motifs is 1. The molecule has 1 fully saturated rings. The Labute approximate surface area is 166 Å². The van der Waals surface area contributed by atoms with Crippen molar-refractivity contribution in [2.24, 2.45) is 0 Å². The van der Waals surface area contributed by atoms with E-state index in [4.69, 9.17) is 0 Å². The Hall–Kier alpha value is -2.62.